The molecule has 17 heavy (non-hydrogen) atoms. The summed E-state index contributed by atoms with van der Waals surface area (Å²) >= 11 is 0. The molecule has 0 saturated carbocycles. The first-order valence-electron chi connectivity index (χ1n) is 5.74. The van der Waals surface area contributed by atoms with Crippen LogP contribution in [-0.2, 0) is 0 Å². The number of hydrogen-bond acceptors (Lipinski definition) is 7. The molecule has 2 heterocycles. The SMILES string of the molecule is COc1nc(NN)nc(N2CCC(C)CC2)n1. The number of nitrogens with one attached hydrogen (secondary N) is 1. The summed E-state index contributed by atoms with van der Waals surface area (Å²) in [6.07, 6.45) is 2.30. The van der Waals surface area contributed by atoms with Crippen LogP contribution in [-0.4, -0.2) is 35.2 Å². The average molecular weight is 238 g/mol. The topological polar surface area (TPSA) is 89.2 Å². The minimum atomic E-state index is 0.279. The normalized spacial score (nSPS) is 17.0. The maximum absolute atomic E-state index is 5.32. The van der Waals surface area contributed by atoms with Gasteiger partial charge in [-0.25, -0.2) is 5.84 Å². The van der Waals surface area contributed by atoms with Crippen molar-refractivity contribution in [3.8, 4) is 6.01 Å². The smallest absolute Gasteiger partial charge is 0.322 e. The summed E-state index contributed by atoms with van der Waals surface area (Å²) in [5, 5.41) is 0. The van der Waals surface area contributed by atoms with Crippen LogP contribution >= 0.6 is 0 Å². The molecule has 1 aromatic rings. The number of nitrogens with two attached hydrogens (primary N) is 1. The molecule has 1 fully saturated rings. The molecule has 0 aliphatic carbocycles. The van der Waals surface area contributed by atoms with E-state index in [2.05, 4.69) is 32.2 Å². The van der Waals surface area contributed by atoms with Crippen LogP contribution in [0.1, 0.15) is 19.8 Å². The van der Waals surface area contributed by atoms with Crippen LogP contribution in [0, 0.1) is 5.92 Å². The number of nitrogens with zero attached hydrogens (tertiary/aromatic N) is 4. The number of anilines is 2. The fraction of sp³-hybridized carbons (Fsp3) is 0.700. The van der Waals surface area contributed by atoms with Crippen molar-refractivity contribution in [1.82, 2.24) is 15.0 Å². The van der Waals surface area contributed by atoms with Gasteiger partial charge in [0.15, 0.2) is 0 Å². The molecule has 0 radical (unpaired) electrons. The molecule has 0 atom stereocenters. The van der Waals surface area contributed by atoms with Gasteiger partial charge in [0.1, 0.15) is 0 Å². The first-order valence-corrected chi connectivity index (χ1v) is 5.74. The Bertz CT molecular complexity index is 355. The quantitative estimate of drug-likeness (QED) is 0.582. The van der Waals surface area contributed by atoms with Gasteiger partial charge < -0.3 is 9.64 Å². The number of hydrogen-bond donors (Lipinski definition) is 2. The lowest BCUT2D eigenvalue weighted by Gasteiger charge is -2.30. The molecule has 94 valence electrons. The molecule has 0 bridgehead atoms. The van der Waals surface area contributed by atoms with Gasteiger partial charge in [-0.2, -0.15) is 15.0 Å². The average Bonchev–Trinajstić information content (AvgIpc) is 2.39. The lowest BCUT2D eigenvalue weighted by atomic mass is 10.00. The van der Waals surface area contributed by atoms with Crippen LogP contribution in [0.4, 0.5) is 11.9 Å². The third kappa shape index (κ3) is 2.73. The molecule has 1 saturated heterocycles. The highest BCUT2D eigenvalue weighted by Gasteiger charge is 2.19. The fourth-order valence-corrected chi connectivity index (χ4v) is 1.85. The maximum Gasteiger partial charge on any atom is 0.322 e. The lowest BCUT2D eigenvalue weighted by molar-refractivity contribution is 0.376. The minimum absolute atomic E-state index is 0.279. The molecule has 1 aliphatic rings. The van der Waals surface area contributed by atoms with Crippen LogP contribution in [0.5, 0.6) is 6.01 Å². The van der Waals surface area contributed by atoms with Gasteiger partial charge in [0, 0.05) is 13.1 Å². The largest absolute Gasteiger partial charge is 0.467 e. The van der Waals surface area contributed by atoms with Crippen molar-refractivity contribution in [1.29, 1.82) is 0 Å². The number of ether oxygens (including phenoxy) is 1. The summed E-state index contributed by atoms with van der Waals surface area (Å²) in [5.74, 6) is 7.03. The zero-order valence-corrected chi connectivity index (χ0v) is 10.2. The van der Waals surface area contributed by atoms with E-state index in [0.29, 0.717) is 11.9 Å². The van der Waals surface area contributed by atoms with E-state index in [1.54, 1.807) is 0 Å². The maximum atomic E-state index is 5.32. The molecule has 7 heteroatoms. The van der Waals surface area contributed by atoms with Gasteiger partial charge in [-0.3, -0.25) is 5.43 Å². The molecule has 0 unspecified atom stereocenters. The number of hydrazine groups is 1. The lowest BCUT2D eigenvalue weighted by Crippen LogP contribution is -2.34. The van der Waals surface area contributed by atoms with Crippen molar-refractivity contribution in [3.05, 3.63) is 0 Å². The van der Waals surface area contributed by atoms with E-state index >= 15 is 0 Å². The van der Waals surface area contributed by atoms with E-state index in [-0.39, 0.29) is 6.01 Å². The summed E-state index contributed by atoms with van der Waals surface area (Å²) in [5.41, 5.74) is 2.42. The predicted molar refractivity (Wildman–Crippen MR) is 64.8 cm³/mol. The van der Waals surface area contributed by atoms with Crippen molar-refractivity contribution in [2.75, 3.05) is 30.5 Å². The Balaban J connectivity index is 2.19. The molecule has 0 aromatic carbocycles. The Morgan fingerprint density at radius 1 is 1.29 bits per heavy atom. The molecular formula is C10H18N6O. The van der Waals surface area contributed by atoms with Gasteiger partial charge >= 0.3 is 6.01 Å². The van der Waals surface area contributed by atoms with Crippen molar-refractivity contribution in [2.24, 2.45) is 11.8 Å². The molecule has 2 rings (SSSR count). The molecule has 1 aromatic heterocycles. The van der Waals surface area contributed by atoms with Crippen LogP contribution in [0.25, 0.3) is 0 Å². The monoisotopic (exact) mass is 238 g/mol. The van der Waals surface area contributed by atoms with Crippen molar-refractivity contribution < 1.29 is 4.74 Å². The van der Waals surface area contributed by atoms with Crippen molar-refractivity contribution in [3.63, 3.8) is 0 Å². The van der Waals surface area contributed by atoms with E-state index in [9.17, 15) is 0 Å². The third-order valence-electron chi connectivity index (χ3n) is 2.98. The highest BCUT2D eigenvalue weighted by molar-refractivity contribution is 5.38. The Labute approximate surface area is 100 Å². The van der Waals surface area contributed by atoms with Gasteiger partial charge in [-0.05, 0) is 18.8 Å². The zero-order chi connectivity index (χ0) is 12.3. The Kier molecular flexibility index (Phi) is 3.58. The highest BCUT2D eigenvalue weighted by Crippen LogP contribution is 2.21. The molecule has 0 spiro atoms. The molecule has 3 N–H and O–H groups in total. The van der Waals surface area contributed by atoms with Crippen molar-refractivity contribution in [2.45, 2.75) is 19.8 Å². The summed E-state index contributed by atoms with van der Waals surface area (Å²) in [7, 11) is 1.53. The van der Waals surface area contributed by atoms with Crippen LogP contribution in [0.15, 0.2) is 0 Å². The third-order valence-corrected chi connectivity index (χ3v) is 2.98. The summed E-state index contributed by atoms with van der Waals surface area (Å²) < 4.78 is 5.02. The number of methoxy groups -OCH3 is 1. The number of piperidine rings is 1. The van der Waals surface area contributed by atoms with Gasteiger partial charge in [-0.1, -0.05) is 6.92 Å². The van der Waals surface area contributed by atoms with Gasteiger partial charge in [0.2, 0.25) is 11.9 Å². The first kappa shape index (κ1) is 11.8. The van der Waals surface area contributed by atoms with Gasteiger partial charge in [0.25, 0.3) is 0 Å². The van der Waals surface area contributed by atoms with Gasteiger partial charge in [-0.15, -0.1) is 0 Å². The molecular weight excluding hydrogens is 220 g/mol. The predicted octanol–water partition coefficient (Wildman–Crippen LogP) is 0.402. The molecule has 1 aliphatic heterocycles. The van der Waals surface area contributed by atoms with E-state index in [0.717, 1.165) is 31.8 Å². The minimum Gasteiger partial charge on any atom is -0.467 e. The summed E-state index contributed by atoms with van der Waals surface area (Å²) in [4.78, 5) is 14.6. The highest BCUT2D eigenvalue weighted by atomic mass is 16.5. The van der Waals surface area contributed by atoms with Gasteiger partial charge in [0.05, 0.1) is 7.11 Å². The van der Waals surface area contributed by atoms with Crippen molar-refractivity contribution >= 4 is 11.9 Å². The summed E-state index contributed by atoms with van der Waals surface area (Å²) in [6, 6.07) is 0.279. The Morgan fingerprint density at radius 2 is 2.00 bits per heavy atom. The van der Waals surface area contributed by atoms with E-state index < -0.39 is 0 Å². The second-order valence-electron chi connectivity index (χ2n) is 4.26. The Hall–Kier alpha value is -1.63. The standard InChI is InChI=1S/C10H18N6O/c1-7-3-5-16(6-4-7)9-12-8(15-11)13-10(14-9)17-2/h7H,3-6,11H2,1-2H3,(H,12,13,14,15). The number of rotatable bonds is 3. The van der Waals surface area contributed by atoms with E-state index in [1.807, 2.05) is 0 Å². The Morgan fingerprint density at radius 3 is 2.59 bits per heavy atom. The van der Waals surface area contributed by atoms with Crippen LogP contribution in [0.2, 0.25) is 0 Å². The molecule has 7 nitrogen and oxygen atoms in total. The summed E-state index contributed by atoms with van der Waals surface area (Å²) in [6.45, 7) is 4.18. The first-order chi connectivity index (χ1) is 8.22. The van der Waals surface area contributed by atoms with E-state index in [4.69, 9.17) is 10.6 Å². The fourth-order valence-electron chi connectivity index (χ4n) is 1.85. The number of aromatic nitrogens is 3. The zero-order valence-electron chi connectivity index (χ0n) is 10.2. The second-order valence-corrected chi connectivity index (χ2v) is 4.26. The number of nitrogen functional groups attached to an aromatic ring is 1. The van der Waals surface area contributed by atoms with E-state index in [1.165, 1.54) is 7.11 Å². The van der Waals surface area contributed by atoms with Crippen LogP contribution < -0.4 is 20.9 Å². The second kappa shape index (κ2) is 5.13. The van der Waals surface area contributed by atoms with Crippen LogP contribution in [0.3, 0.4) is 0 Å². The molecule has 0 amide bonds.